The second-order valence-corrected chi connectivity index (χ2v) is 4.84. The van der Waals surface area contributed by atoms with Crippen molar-refractivity contribution in [3.8, 4) is 0 Å². The summed E-state index contributed by atoms with van der Waals surface area (Å²) in [5.41, 5.74) is 6.94. The fourth-order valence-corrected chi connectivity index (χ4v) is 2.06. The third-order valence-electron chi connectivity index (χ3n) is 3.16. The Balaban J connectivity index is 1.98. The van der Waals surface area contributed by atoms with E-state index in [1.165, 1.54) is 7.11 Å². The fraction of sp³-hybridized carbons (Fsp3) is 0.176. The zero-order chi connectivity index (χ0) is 15.9. The lowest BCUT2D eigenvalue weighted by atomic mass is 10.1. The van der Waals surface area contributed by atoms with Crippen LogP contribution in [0.4, 0.5) is 0 Å². The van der Waals surface area contributed by atoms with Crippen molar-refractivity contribution in [2.24, 2.45) is 0 Å². The highest BCUT2D eigenvalue weighted by Gasteiger charge is 2.20. The monoisotopic (exact) mass is 298 g/mol. The van der Waals surface area contributed by atoms with E-state index >= 15 is 0 Å². The normalized spacial score (nSPS) is 11.5. The zero-order valence-electron chi connectivity index (χ0n) is 12.5. The first kappa shape index (κ1) is 15.7. The lowest BCUT2D eigenvalue weighted by Gasteiger charge is -2.16. The van der Waals surface area contributed by atoms with Crippen LogP contribution in [0.25, 0.3) is 0 Å². The van der Waals surface area contributed by atoms with Gasteiger partial charge in [0.1, 0.15) is 0 Å². The largest absolute Gasteiger partial charge is 0.367 e. The molecule has 2 aromatic rings. The van der Waals surface area contributed by atoms with E-state index in [4.69, 9.17) is 4.74 Å². The van der Waals surface area contributed by atoms with Crippen LogP contribution < -0.4 is 10.9 Å². The molecule has 0 unspecified atom stereocenters. The summed E-state index contributed by atoms with van der Waals surface area (Å²) in [5.74, 6) is -0.810. The third-order valence-corrected chi connectivity index (χ3v) is 3.16. The number of benzene rings is 2. The van der Waals surface area contributed by atoms with E-state index in [0.29, 0.717) is 11.1 Å². The molecule has 5 heteroatoms. The van der Waals surface area contributed by atoms with Crippen molar-refractivity contribution in [1.29, 1.82) is 0 Å². The average Bonchev–Trinajstić information content (AvgIpc) is 2.54. The molecule has 5 nitrogen and oxygen atoms in total. The van der Waals surface area contributed by atoms with Crippen LogP contribution in [0.2, 0.25) is 0 Å². The predicted octanol–water partition coefficient (Wildman–Crippen LogP) is 2.14. The maximum absolute atomic E-state index is 12.1. The molecule has 0 aliphatic rings. The SMILES string of the molecule is CO[C@H](C(=O)NNC(=O)c1cccc(C)c1)c1ccccc1. The second-order valence-electron chi connectivity index (χ2n) is 4.84. The van der Waals surface area contributed by atoms with Crippen LogP contribution in [0.5, 0.6) is 0 Å². The Morgan fingerprint density at radius 1 is 1.00 bits per heavy atom. The molecule has 0 saturated carbocycles. The quantitative estimate of drug-likeness (QED) is 0.850. The van der Waals surface area contributed by atoms with E-state index in [2.05, 4.69) is 10.9 Å². The van der Waals surface area contributed by atoms with E-state index in [-0.39, 0.29) is 5.91 Å². The number of hydrogen-bond donors (Lipinski definition) is 2. The molecule has 2 rings (SSSR count). The van der Waals surface area contributed by atoms with Crippen molar-refractivity contribution >= 4 is 11.8 Å². The number of ether oxygens (including phenoxy) is 1. The summed E-state index contributed by atoms with van der Waals surface area (Å²) in [6.07, 6.45) is -0.779. The first-order chi connectivity index (χ1) is 10.6. The van der Waals surface area contributed by atoms with Crippen LogP contribution in [-0.2, 0) is 9.53 Å². The van der Waals surface area contributed by atoms with Gasteiger partial charge in [0, 0.05) is 12.7 Å². The highest BCUT2D eigenvalue weighted by atomic mass is 16.5. The number of carbonyl (C=O) groups excluding carboxylic acids is 2. The van der Waals surface area contributed by atoms with Gasteiger partial charge in [-0.2, -0.15) is 0 Å². The molecule has 0 bridgehead atoms. The molecule has 0 aromatic heterocycles. The van der Waals surface area contributed by atoms with Crippen molar-refractivity contribution in [3.05, 3.63) is 71.3 Å². The summed E-state index contributed by atoms with van der Waals surface area (Å²) in [6, 6.07) is 16.2. The number of methoxy groups -OCH3 is 1. The Labute approximate surface area is 129 Å². The van der Waals surface area contributed by atoms with Gasteiger partial charge >= 0.3 is 0 Å². The van der Waals surface area contributed by atoms with E-state index in [1.807, 2.05) is 31.2 Å². The molecule has 0 saturated heterocycles. The summed E-state index contributed by atoms with van der Waals surface area (Å²) >= 11 is 0. The number of hydrazine groups is 1. The maximum atomic E-state index is 12.1. The van der Waals surface area contributed by atoms with Crippen LogP contribution in [0.3, 0.4) is 0 Å². The summed E-state index contributed by atoms with van der Waals surface area (Å²) in [6.45, 7) is 1.89. The van der Waals surface area contributed by atoms with Crippen LogP contribution in [0.15, 0.2) is 54.6 Å². The Kier molecular flexibility index (Phi) is 5.27. The highest BCUT2D eigenvalue weighted by Crippen LogP contribution is 2.15. The summed E-state index contributed by atoms with van der Waals surface area (Å²) in [7, 11) is 1.44. The minimum atomic E-state index is -0.779. The Morgan fingerprint density at radius 3 is 2.36 bits per heavy atom. The van der Waals surface area contributed by atoms with Crippen molar-refractivity contribution in [2.75, 3.05) is 7.11 Å². The van der Waals surface area contributed by atoms with Crippen LogP contribution >= 0.6 is 0 Å². The van der Waals surface area contributed by atoms with E-state index in [0.717, 1.165) is 5.56 Å². The van der Waals surface area contributed by atoms with Gasteiger partial charge in [0.25, 0.3) is 11.8 Å². The van der Waals surface area contributed by atoms with E-state index < -0.39 is 12.0 Å². The number of amides is 2. The van der Waals surface area contributed by atoms with E-state index in [9.17, 15) is 9.59 Å². The standard InChI is InChI=1S/C17H18N2O3/c1-12-7-6-10-14(11-12)16(20)18-19-17(21)15(22-2)13-8-4-3-5-9-13/h3-11,15H,1-2H3,(H,18,20)(H,19,21)/t15-/m0/s1. The van der Waals surface area contributed by atoms with Gasteiger partial charge in [-0.3, -0.25) is 20.4 Å². The molecule has 2 amide bonds. The van der Waals surface area contributed by atoms with Crippen molar-refractivity contribution < 1.29 is 14.3 Å². The zero-order valence-corrected chi connectivity index (χ0v) is 12.5. The number of hydrogen-bond acceptors (Lipinski definition) is 3. The molecule has 1 atom stereocenters. The Bertz CT molecular complexity index is 656. The maximum Gasteiger partial charge on any atom is 0.272 e. The number of carbonyl (C=O) groups is 2. The first-order valence-corrected chi connectivity index (χ1v) is 6.86. The molecule has 0 radical (unpaired) electrons. The topological polar surface area (TPSA) is 67.4 Å². The highest BCUT2D eigenvalue weighted by molar-refractivity contribution is 5.96. The molecular formula is C17H18N2O3. The van der Waals surface area contributed by atoms with Gasteiger partial charge in [0.2, 0.25) is 0 Å². The second kappa shape index (κ2) is 7.38. The minimum absolute atomic E-state index is 0.375. The smallest absolute Gasteiger partial charge is 0.272 e. The number of rotatable bonds is 4. The molecule has 22 heavy (non-hydrogen) atoms. The molecule has 0 heterocycles. The lowest BCUT2D eigenvalue weighted by Crippen LogP contribution is -2.44. The molecular weight excluding hydrogens is 280 g/mol. The molecule has 2 aromatic carbocycles. The number of nitrogens with one attached hydrogen (secondary N) is 2. The van der Waals surface area contributed by atoms with Crippen LogP contribution in [-0.4, -0.2) is 18.9 Å². The fourth-order valence-electron chi connectivity index (χ4n) is 2.06. The van der Waals surface area contributed by atoms with Gasteiger partial charge in [0.15, 0.2) is 6.10 Å². The van der Waals surface area contributed by atoms with Gasteiger partial charge in [0.05, 0.1) is 0 Å². The molecule has 2 N–H and O–H groups in total. The van der Waals surface area contributed by atoms with Gasteiger partial charge in [-0.25, -0.2) is 0 Å². The molecule has 0 fully saturated rings. The van der Waals surface area contributed by atoms with Gasteiger partial charge < -0.3 is 4.74 Å². The summed E-state index contributed by atoms with van der Waals surface area (Å²) in [4.78, 5) is 24.1. The van der Waals surface area contributed by atoms with E-state index in [1.54, 1.807) is 30.3 Å². The summed E-state index contributed by atoms with van der Waals surface area (Å²) < 4.78 is 5.19. The molecule has 0 aliphatic carbocycles. The van der Waals surface area contributed by atoms with Crippen LogP contribution in [0.1, 0.15) is 27.6 Å². The van der Waals surface area contributed by atoms with Crippen molar-refractivity contribution in [1.82, 2.24) is 10.9 Å². The minimum Gasteiger partial charge on any atom is -0.367 e. The van der Waals surface area contributed by atoms with Gasteiger partial charge in [-0.15, -0.1) is 0 Å². The molecule has 0 aliphatic heterocycles. The number of aryl methyl sites for hydroxylation is 1. The Hall–Kier alpha value is -2.66. The van der Waals surface area contributed by atoms with Crippen molar-refractivity contribution in [2.45, 2.75) is 13.0 Å². The van der Waals surface area contributed by atoms with Gasteiger partial charge in [-0.05, 0) is 24.6 Å². The lowest BCUT2D eigenvalue weighted by molar-refractivity contribution is -0.132. The summed E-state index contributed by atoms with van der Waals surface area (Å²) in [5, 5.41) is 0. The first-order valence-electron chi connectivity index (χ1n) is 6.86. The van der Waals surface area contributed by atoms with Crippen LogP contribution in [0, 0.1) is 6.92 Å². The Morgan fingerprint density at radius 2 is 1.73 bits per heavy atom. The average molecular weight is 298 g/mol. The van der Waals surface area contributed by atoms with Crippen molar-refractivity contribution in [3.63, 3.8) is 0 Å². The third kappa shape index (κ3) is 3.93. The predicted molar refractivity (Wildman–Crippen MR) is 83.0 cm³/mol. The molecule has 114 valence electrons. The molecule has 0 spiro atoms. The van der Waals surface area contributed by atoms with Gasteiger partial charge in [-0.1, -0.05) is 48.0 Å².